The molecule has 1 fully saturated rings. The number of methoxy groups -OCH3 is 2. The summed E-state index contributed by atoms with van der Waals surface area (Å²) >= 11 is 0. The second kappa shape index (κ2) is 10.8. The van der Waals surface area contributed by atoms with Gasteiger partial charge < -0.3 is 20.1 Å². The predicted molar refractivity (Wildman–Crippen MR) is 107 cm³/mol. The zero-order valence-electron chi connectivity index (χ0n) is 15.4. The Hall–Kier alpha value is -1.21. The van der Waals surface area contributed by atoms with E-state index in [4.69, 9.17) is 9.47 Å². The van der Waals surface area contributed by atoms with Gasteiger partial charge in [-0.2, -0.15) is 0 Å². The summed E-state index contributed by atoms with van der Waals surface area (Å²) in [5, 5.41) is 6.28. The quantitative estimate of drug-likeness (QED) is 0.754. The number of rotatable bonds is 6. The summed E-state index contributed by atoms with van der Waals surface area (Å²) in [7, 11) is 3.33. The Morgan fingerprint density at radius 3 is 2.54 bits per heavy atom. The number of hydrogen-bond donors (Lipinski definition) is 2. The maximum absolute atomic E-state index is 12.0. The molecular weight excluding hydrogens is 377 g/mol. The highest BCUT2D eigenvalue weighted by molar-refractivity contribution is 5.85. The van der Waals surface area contributed by atoms with Crippen molar-refractivity contribution in [2.24, 2.45) is 0 Å². The molecule has 26 heavy (non-hydrogen) atoms. The van der Waals surface area contributed by atoms with Crippen LogP contribution in [-0.2, 0) is 17.8 Å². The molecule has 0 aliphatic carbocycles. The lowest BCUT2D eigenvalue weighted by Gasteiger charge is -2.29. The van der Waals surface area contributed by atoms with Gasteiger partial charge >= 0.3 is 0 Å². The smallest absolute Gasteiger partial charge is 0.237 e. The molecule has 2 aliphatic rings. The zero-order chi connectivity index (χ0) is 16.9. The highest BCUT2D eigenvalue weighted by Crippen LogP contribution is 2.33. The van der Waals surface area contributed by atoms with E-state index in [1.54, 1.807) is 14.2 Å². The third-order valence-electron chi connectivity index (χ3n) is 4.90. The number of ether oxygens (including phenoxy) is 2. The summed E-state index contributed by atoms with van der Waals surface area (Å²) in [5.74, 6) is 1.70. The van der Waals surface area contributed by atoms with Crippen LogP contribution in [0.3, 0.4) is 0 Å². The van der Waals surface area contributed by atoms with Crippen LogP contribution in [-0.4, -0.2) is 57.2 Å². The summed E-state index contributed by atoms with van der Waals surface area (Å²) in [6, 6.07) is 4.16. The van der Waals surface area contributed by atoms with Crippen molar-refractivity contribution in [3.63, 3.8) is 0 Å². The van der Waals surface area contributed by atoms with Crippen molar-refractivity contribution in [3.8, 4) is 11.5 Å². The van der Waals surface area contributed by atoms with Gasteiger partial charge in [0, 0.05) is 26.2 Å². The Morgan fingerprint density at radius 2 is 1.92 bits per heavy atom. The first-order chi connectivity index (χ1) is 11.7. The Balaban J connectivity index is 0.00000169. The minimum Gasteiger partial charge on any atom is -0.493 e. The van der Waals surface area contributed by atoms with E-state index in [1.807, 2.05) is 0 Å². The number of carbonyl (C=O) groups excluding carboxylic acids is 1. The average Bonchev–Trinajstić information content (AvgIpc) is 3.15. The van der Waals surface area contributed by atoms with Gasteiger partial charge in [-0.1, -0.05) is 0 Å². The molecule has 0 radical (unpaired) electrons. The van der Waals surface area contributed by atoms with E-state index < -0.39 is 0 Å². The molecule has 1 amide bonds. The van der Waals surface area contributed by atoms with E-state index in [9.17, 15) is 4.79 Å². The summed E-state index contributed by atoms with van der Waals surface area (Å²) in [6.07, 6.45) is 3.03. The van der Waals surface area contributed by atoms with E-state index >= 15 is 0 Å². The fourth-order valence-electron chi connectivity index (χ4n) is 3.50. The average molecular weight is 406 g/mol. The highest BCUT2D eigenvalue weighted by Gasteiger charge is 2.22. The van der Waals surface area contributed by atoms with E-state index in [0.717, 1.165) is 56.9 Å². The molecule has 0 saturated carbocycles. The molecule has 0 aromatic heterocycles. The number of halogens is 2. The molecule has 1 aromatic rings. The van der Waals surface area contributed by atoms with Crippen molar-refractivity contribution < 1.29 is 14.3 Å². The van der Waals surface area contributed by atoms with Gasteiger partial charge in [0.1, 0.15) is 0 Å². The molecule has 3 rings (SSSR count). The second-order valence-electron chi connectivity index (χ2n) is 6.44. The molecule has 1 saturated heterocycles. The second-order valence-corrected chi connectivity index (χ2v) is 6.44. The van der Waals surface area contributed by atoms with E-state index in [2.05, 4.69) is 27.7 Å². The van der Waals surface area contributed by atoms with Crippen LogP contribution in [0.15, 0.2) is 12.1 Å². The Bertz CT molecular complexity index is 595. The van der Waals surface area contributed by atoms with Crippen LogP contribution in [0.4, 0.5) is 0 Å². The van der Waals surface area contributed by atoms with Gasteiger partial charge in [-0.15, -0.1) is 24.8 Å². The van der Waals surface area contributed by atoms with E-state index in [0.29, 0.717) is 6.54 Å². The van der Waals surface area contributed by atoms with E-state index in [1.165, 1.54) is 11.1 Å². The normalized spacial score (nSPS) is 18.9. The third-order valence-corrected chi connectivity index (χ3v) is 4.90. The van der Waals surface area contributed by atoms with Gasteiger partial charge in [0.2, 0.25) is 5.91 Å². The van der Waals surface area contributed by atoms with E-state index in [-0.39, 0.29) is 36.8 Å². The first-order valence-electron chi connectivity index (χ1n) is 8.68. The molecular formula is C18H29Cl2N3O3. The van der Waals surface area contributed by atoms with Crippen LogP contribution in [0, 0.1) is 0 Å². The molecule has 1 unspecified atom stereocenters. The Morgan fingerprint density at radius 1 is 1.23 bits per heavy atom. The fraction of sp³-hybridized carbons (Fsp3) is 0.611. The Labute approximate surface area is 167 Å². The number of carbonyl (C=O) groups is 1. The molecule has 8 heteroatoms. The summed E-state index contributed by atoms with van der Waals surface area (Å²) in [4.78, 5) is 14.4. The number of nitrogens with one attached hydrogen (secondary N) is 2. The van der Waals surface area contributed by atoms with Crippen molar-refractivity contribution in [1.29, 1.82) is 0 Å². The van der Waals surface area contributed by atoms with Crippen LogP contribution in [0.2, 0.25) is 0 Å². The van der Waals surface area contributed by atoms with Crippen LogP contribution >= 0.6 is 24.8 Å². The molecule has 2 aliphatic heterocycles. The first-order valence-corrected chi connectivity index (χ1v) is 8.68. The van der Waals surface area contributed by atoms with Gasteiger partial charge in [0.25, 0.3) is 0 Å². The fourth-order valence-corrected chi connectivity index (χ4v) is 3.50. The van der Waals surface area contributed by atoms with Crippen LogP contribution in [0.25, 0.3) is 0 Å². The summed E-state index contributed by atoms with van der Waals surface area (Å²) in [5.41, 5.74) is 2.60. The molecule has 6 nitrogen and oxygen atoms in total. The minimum atomic E-state index is 0. The lowest BCUT2D eigenvalue weighted by Crippen LogP contribution is -2.44. The lowest BCUT2D eigenvalue weighted by molar-refractivity contribution is -0.122. The van der Waals surface area contributed by atoms with Crippen LogP contribution < -0.4 is 20.1 Å². The number of nitrogens with zero attached hydrogens (tertiary/aromatic N) is 1. The first kappa shape index (κ1) is 22.8. The van der Waals surface area contributed by atoms with Crippen molar-refractivity contribution in [3.05, 3.63) is 23.3 Å². The SMILES string of the molecule is COc1cc2c(cc1OC)CN(CCNC(=O)C1CCCN1)CC2.Cl.Cl. The topological polar surface area (TPSA) is 62.8 Å². The molecule has 2 heterocycles. The standard InChI is InChI=1S/C18H27N3O3.2ClH/c1-23-16-10-13-5-8-21(12-14(13)11-17(16)24-2)9-7-20-18(22)15-4-3-6-19-15;;/h10-11,15,19H,3-9,12H2,1-2H3,(H,20,22);2*1H. The van der Waals surface area contributed by atoms with Gasteiger partial charge in [-0.25, -0.2) is 0 Å². The van der Waals surface area contributed by atoms with Crippen molar-refractivity contribution >= 4 is 30.7 Å². The van der Waals surface area contributed by atoms with Gasteiger partial charge in [0.15, 0.2) is 11.5 Å². The van der Waals surface area contributed by atoms with Crippen molar-refractivity contribution in [1.82, 2.24) is 15.5 Å². The molecule has 0 spiro atoms. The third kappa shape index (κ3) is 5.39. The molecule has 0 bridgehead atoms. The van der Waals surface area contributed by atoms with Gasteiger partial charge in [0.05, 0.1) is 20.3 Å². The predicted octanol–water partition coefficient (Wildman–Crippen LogP) is 1.77. The molecule has 148 valence electrons. The maximum Gasteiger partial charge on any atom is 0.237 e. The Kier molecular flexibility index (Phi) is 9.50. The zero-order valence-corrected chi connectivity index (χ0v) is 17.0. The number of amides is 1. The monoisotopic (exact) mass is 405 g/mol. The highest BCUT2D eigenvalue weighted by atomic mass is 35.5. The van der Waals surface area contributed by atoms with Gasteiger partial charge in [-0.3, -0.25) is 9.69 Å². The molecule has 1 aromatic carbocycles. The lowest BCUT2D eigenvalue weighted by atomic mass is 9.99. The summed E-state index contributed by atoms with van der Waals surface area (Å²) in [6.45, 7) is 4.39. The van der Waals surface area contributed by atoms with Crippen molar-refractivity contribution in [2.75, 3.05) is 40.4 Å². The van der Waals surface area contributed by atoms with Crippen LogP contribution in [0.5, 0.6) is 11.5 Å². The summed E-state index contributed by atoms with van der Waals surface area (Å²) < 4.78 is 10.8. The number of hydrogen-bond acceptors (Lipinski definition) is 5. The van der Waals surface area contributed by atoms with Gasteiger partial charge in [-0.05, 0) is 49.1 Å². The number of benzene rings is 1. The van der Waals surface area contributed by atoms with Crippen molar-refractivity contribution in [2.45, 2.75) is 31.8 Å². The molecule has 2 N–H and O–H groups in total. The van der Waals surface area contributed by atoms with Crippen LogP contribution in [0.1, 0.15) is 24.0 Å². The minimum absolute atomic E-state index is 0. The number of fused-ring (bicyclic) bond motifs is 1. The largest absolute Gasteiger partial charge is 0.493 e. The molecule has 1 atom stereocenters. The maximum atomic E-state index is 12.0.